The number of hydrogen-bond donors (Lipinski definition) is 1. The average molecular weight is 539 g/mol. The van der Waals surface area contributed by atoms with Crippen LogP contribution in [0.5, 0.6) is 0 Å². The molecule has 0 fully saturated rings. The summed E-state index contributed by atoms with van der Waals surface area (Å²) in [5.41, 5.74) is 3.51. The van der Waals surface area contributed by atoms with E-state index in [1.807, 2.05) is 66.7 Å². The highest BCUT2D eigenvalue weighted by Gasteiger charge is 2.32. The number of aromatic nitrogens is 3. The Balaban J connectivity index is 1.50. The van der Waals surface area contributed by atoms with Crippen LogP contribution in [-0.4, -0.2) is 15.0 Å². The Morgan fingerprint density at radius 3 is 1.92 bits per heavy atom. The van der Waals surface area contributed by atoms with Crippen LogP contribution in [0.3, 0.4) is 0 Å². The Labute approximate surface area is 221 Å². The van der Waals surface area contributed by atoms with Gasteiger partial charge in [0.15, 0.2) is 0 Å². The van der Waals surface area contributed by atoms with Crippen molar-refractivity contribution in [2.75, 3.05) is 5.32 Å². The molecule has 2 aromatic heterocycles. The van der Waals surface area contributed by atoms with Gasteiger partial charge in [-0.15, -0.1) is 0 Å². The van der Waals surface area contributed by atoms with Gasteiger partial charge in [0.1, 0.15) is 17.8 Å². The number of rotatable bonds is 6. The number of nitrogens with one attached hydrogen (secondary N) is 1. The van der Waals surface area contributed by atoms with Gasteiger partial charge in [-0.3, -0.25) is 4.98 Å². The molecule has 186 valence electrons. The molecule has 0 saturated heterocycles. The van der Waals surface area contributed by atoms with Crippen molar-refractivity contribution in [3.63, 3.8) is 0 Å². The summed E-state index contributed by atoms with van der Waals surface area (Å²) in [6.07, 6.45) is -1.82. The van der Waals surface area contributed by atoms with Crippen LogP contribution >= 0.6 is 23.2 Å². The summed E-state index contributed by atoms with van der Waals surface area (Å²) in [4.78, 5) is 12.3. The molecule has 5 aromatic rings. The normalized spacial score (nSPS) is 11.7. The zero-order valence-electron chi connectivity index (χ0n) is 19.2. The van der Waals surface area contributed by atoms with E-state index in [0.29, 0.717) is 21.4 Å². The largest absolute Gasteiger partial charge is 0.433 e. The molecule has 0 radical (unpaired) electrons. The van der Waals surface area contributed by atoms with Crippen LogP contribution in [-0.2, 0) is 12.7 Å². The van der Waals surface area contributed by atoms with Crippen molar-refractivity contribution in [1.82, 2.24) is 15.0 Å². The van der Waals surface area contributed by atoms with Crippen LogP contribution in [0.1, 0.15) is 33.9 Å². The fourth-order valence-electron chi connectivity index (χ4n) is 4.17. The van der Waals surface area contributed by atoms with Gasteiger partial charge in [0.25, 0.3) is 0 Å². The highest BCUT2D eigenvalue weighted by atomic mass is 35.5. The molecule has 0 atom stereocenters. The van der Waals surface area contributed by atoms with Crippen molar-refractivity contribution in [1.29, 1.82) is 0 Å². The van der Waals surface area contributed by atoms with E-state index in [4.69, 9.17) is 23.2 Å². The lowest BCUT2D eigenvalue weighted by atomic mass is 9.85. The molecule has 0 spiro atoms. The number of fused-ring (bicyclic) bond motifs is 1. The summed E-state index contributed by atoms with van der Waals surface area (Å²) < 4.78 is 38.5. The van der Waals surface area contributed by atoms with E-state index in [1.54, 1.807) is 0 Å². The molecule has 0 aliphatic carbocycles. The quantitative estimate of drug-likeness (QED) is 0.221. The van der Waals surface area contributed by atoms with Gasteiger partial charge in [0, 0.05) is 34.1 Å². The lowest BCUT2D eigenvalue weighted by Crippen LogP contribution is -2.09. The summed E-state index contributed by atoms with van der Waals surface area (Å²) >= 11 is 12.3. The van der Waals surface area contributed by atoms with Gasteiger partial charge in [0.05, 0.1) is 5.52 Å². The summed E-state index contributed by atoms with van der Waals surface area (Å²) in [6.45, 7) is 0.249. The van der Waals surface area contributed by atoms with Crippen LogP contribution in [0.2, 0.25) is 10.0 Å². The van der Waals surface area contributed by atoms with Crippen molar-refractivity contribution in [2.24, 2.45) is 0 Å². The van der Waals surface area contributed by atoms with Crippen LogP contribution < -0.4 is 5.32 Å². The number of benzene rings is 3. The van der Waals surface area contributed by atoms with Gasteiger partial charge in [-0.1, -0.05) is 59.6 Å². The predicted molar refractivity (Wildman–Crippen MR) is 140 cm³/mol. The number of nitrogens with zero attached hydrogens (tertiary/aromatic N) is 3. The molecule has 0 aliphatic heterocycles. The Bertz CT molecular complexity index is 1480. The first kappa shape index (κ1) is 25.0. The highest BCUT2D eigenvalue weighted by molar-refractivity contribution is 6.30. The smallest absolute Gasteiger partial charge is 0.365 e. The SMILES string of the molecule is FC(F)(F)c1ccc(CNc2ncnc3ccc(C(c4ccc(Cl)cc4)c4ccc(Cl)cc4)cc23)cn1. The Morgan fingerprint density at radius 1 is 0.730 bits per heavy atom. The van der Waals surface area contributed by atoms with E-state index in [1.165, 1.54) is 18.6 Å². The minimum Gasteiger partial charge on any atom is -0.365 e. The number of anilines is 1. The summed E-state index contributed by atoms with van der Waals surface area (Å²) in [5, 5.41) is 5.30. The van der Waals surface area contributed by atoms with Gasteiger partial charge in [-0.05, 0) is 64.7 Å². The second-order valence-electron chi connectivity index (χ2n) is 8.44. The topological polar surface area (TPSA) is 50.7 Å². The lowest BCUT2D eigenvalue weighted by molar-refractivity contribution is -0.141. The molecular formula is C28H19Cl2F3N4. The van der Waals surface area contributed by atoms with E-state index in [0.717, 1.165) is 33.7 Å². The minimum absolute atomic E-state index is 0.105. The van der Waals surface area contributed by atoms with Crippen LogP contribution in [0, 0.1) is 0 Å². The Morgan fingerprint density at radius 2 is 1.35 bits per heavy atom. The first-order chi connectivity index (χ1) is 17.8. The average Bonchev–Trinajstić information content (AvgIpc) is 2.89. The predicted octanol–water partition coefficient (Wildman–Crippen LogP) is 8.14. The molecular weight excluding hydrogens is 520 g/mol. The molecule has 5 rings (SSSR count). The molecule has 0 unspecified atom stereocenters. The van der Waals surface area contributed by atoms with Crippen LogP contribution in [0.25, 0.3) is 10.9 Å². The maximum Gasteiger partial charge on any atom is 0.433 e. The third-order valence-corrected chi connectivity index (χ3v) is 6.48. The molecule has 0 saturated carbocycles. The summed E-state index contributed by atoms with van der Waals surface area (Å²) in [7, 11) is 0. The van der Waals surface area contributed by atoms with Crippen LogP contribution in [0.4, 0.5) is 19.0 Å². The van der Waals surface area contributed by atoms with Gasteiger partial charge in [-0.25, -0.2) is 9.97 Å². The first-order valence-electron chi connectivity index (χ1n) is 11.3. The van der Waals surface area contributed by atoms with Crippen molar-refractivity contribution < 1.29 is 13.2 Å². The molecule has 2 heterocycles. The number of hydrogen-bond acceptors (Lipinski definition) is 4. The molecule has 37 heavy (non-hydrogen) atoms. The molecule has 9 heteroatoms. The van der Waals surface area contributed by atoms with E-state index in [-0.39, 0.29) is 12.5 Å². The van der Waals surface area contributed by atoms with Gasteiger partial charge in [-0.2, -0.15) is 13.2 Å². The fourth-order valence-corrected chi connectivity index (χ4v) is 4.42. The van der Waals surface area contributed by atoms with Gasteiger partial charge >= 0.3 is 6.18 Å². The standard InChI is InChI=1S/C28H19Cl2F3N4/c29-21-7-2-18(3-8-21)26(19-4-9-22(30)10-5-19)20-6-11-24-23(13-20)27(37-16-36-24)35-15-17-1-12-25(34-14-17)28(31,32)33/h1-14,16,26H,15H2,(H,35,36,37). The maximum atomic E-state index is 12.8. The van der Waals surface area contributed by atoms with E-state index >= 15 is 0 Å². The second-order valence-corrected chi connectivity index (χ2v) is 9.31. The number of halogens is 5. The van der Waals surface area contributed by atoms with Gasteiger partial charge < -0.3 is 5.32 Å². The monoisotopic (exact) mass is 538 g/mol. The van der Waals surface area contributed by atoms with Gasteiger partial charge in [0.2, 0.25) is 0 Å². The number of pyridine rings is 1. The number of alkyl halides is 3. The van der Waals surface area contributed by atoms with E-state index < -0.39 is 11.9 Å². The Hall–Kier alpha value is -3.68. The van der Waals surface area contributed by atoms with Crippen molar-refractivity contribution >= 4 is 39.9 Å². The molecule has 0 aliphatic rings. The van der Waals surface area contributed by atoms with Crippen molar-refractivity contribution in [3.05, 3.63) is 129 Å². The molecule has 0 bridgehead atoms. The zero-order chi connectivity index (χ0) is 26.0. The molecule has 4 nitrogen and oxygen atoms in total. The third-order valence-electron chi connectivity index (χ3n) is 5.97. The third kappa shape index (κ3) is 5.68. The molecule has 0 amide bonds. The first-order valence-corrected chi connectivity index (χ1v) is 12.0. The maximum absolute atomic E-state index is 12.8. The minimum atomic E-state index is -4.48. The van der Waals surface area contributed by atoms with Crippen molar-refractivity contribution in [3.8, 4) is 0 Å². The van der Waals surface area contributed by atoms with Crippen LogP contribution in [0.15, 0.2) is 91.4 Å². The zero-order valence-corrected chi connectivity index (χ0v) is 20.7. The van der Waals surface area contributed by atoms with Crippen molar-refractivity contribution in [2.45, 2.75) is 18.6 Å². The summed E-state index contributed by atoms with van der Waals surface area (Å²) in [6, 6.07) is 23.7. The summed E-state index contributed by atoms with van der Waals surface area (Å²) in [5.74, 6) is 0.462. The highest BCUT2D eigenvalue weighted by Crippen LogP contribution is 2.35. The van der Waals surface area contributed by atoms with E-state index in [2.05, 4.69) is 20.3 Å². The molecule has 3 aromatic carbocycles. The Kier molecular flexibility index (Phi) is 7.00. The molecule has 1 N–H and O–H groups in total. The lowest BCUT2D eigenvalue weighted by Gasteiger charge is -2.20. The second kappa shape index (κ2) is 10.4. The fraction of sp³-hybridized carbons (Fsp3) is 0.107. The van der Waals surface area contributed by atoms with E-state index in [9.17, 15) is 13.2 Å².